The molecule has 0 radical (unpaired) electrons. The second-order valence-electron chi connectivity index (χ2n) is 7.59. The highest BCUT2D eigenvalue weighted by atomic mass is 14.8. The van der Waals surface area contributed by atoms with Gasteiger partial charge in [-0.25, -0.2) is 0 Å². The van der Waals surface area contributed by atoms with Gasteiger partial charge in [-0.2, -0.15) is 0 Å². The van der Waals surface area contributed by atoms with Crippen molar-refractivity contribution < 1.29 is 0 Å². The van der Waals surface area contributed by atoms with Crippen LogP contribution in [0.4, 0.5) is 0 Å². The maximum atomic E-state index is 8.70. The summed E-state index contributed by atoms with van der Waals surface area (Å²) in [5.41, 5.74) is 11.6. The number of nitrogens with two attached hydrogens (primary N) is 1. The van der Waals surface area contributed by atoms with Gasteiger partial charge in [0.15, 0.2) is 0 Å². The molecule has 4 nitrogen and oxygen atoms in total. The maximum Gasteiger partial charge on any atom is 0.0664 e. The Labute approximate surface area is 158 Å². The first-order valence-corrected chi connectivity index (χ1v) is 9.25. The van der Waals surface area contributed by atoms with E-state index in [-0.39, 0.29) is 0 Å². The molecule has 1 aromatic carbocycles. The first-order valence-electron chi connectivity index (χ1n) is 9.25. The van der Waals surface area contributed by atoms with E-state index in [0.29, 0.717) is 29.7 Å². The topological polar surface area (TPSA) is 85.8 Å². The number of allylic oxidation sites excluding steroid dienone is 2. The number of nitrogens with one attached hydrogen (secondary N) is 3. The lowest BCUT2D eigenvalue weighted by Gasteiger charge is -2.17. The Hall–Kier alpha value is -2.36. The van der Waals surface area contributed by atoms with Crippen LogP contribution in [-0.4, -0.2) is 18.0 Å². The van der Waals surface area contributed by atoms with Crippen LogP contribution in [0.25, 0.3) is 0 Å². The van der Waals surface area contributed by atoms with Gasteiger partial charge in [0, 0.05) is 30.4 Å². The number of rotatable bonds is 9. The highest BCUT2D eigenvalue weighted by Crippen LogP contribution is 2.25. The lowest BCUT2D eigenvalue weighted by atomic mass is 9.88. The van der Waals surface area contributed by atoms with Crippen LogP contribution in [0.2, 0.25) is 0 Å². The molecule has 0 aromatic heterocycles. The van der Waals surface area contributed by atoms with Gasteiger partial charge in [0.25, 0.3) is 0 Å². The summed E-state index contributed by atoms with van der Waals surface area (Å²) in [4.78, 5) is 0. The summed E-state index contributed by atoms with van der Waals surface area (Å²) in [5.74, 6) is 0.860. The summed E-state index contributed by atoms with van der Waals surface area (Å²) in [7, 11) is 0. The van der Waals surface area contributed by atoms with E-state index >= 15 is 0 Å². The second kappa shape index (κ2) is 9.95. The summed E-state index contributed by atoms with van der Waals surface area (Å²) in [6, 6.07) is 6.19. The molecule has 26 heavy (non-hydrogen) atoms. The normalized spacial score (nSPS) is 12.6. The summed E-state index contributed by atoms with van der Waals surface area (Å²) in [6.07, 6.45) is 3.87. The lowest BCUT2D eigenvalue weighted by molar-refractivity contribution is 0.610. The molecule has 142 valence electrons. The number of hydrogen-bond acceptors (Lipinski definition) is 4. The summed E-state index contributed by atoms with van der Waals surface area (Å²) in [5, 5.41) is 20.0. The minimum Gasteiger partial charge on any atom is -0.404 e. The van der Waals surface area contributed by atoms with E-state index in [2.05, 4.69) is 46.0 Å². The molecular formula is C22H34N4. The first kappa shape index (κ1) is 21.7. The number of hydrogen-bond donors (Lipinski definition) is 4. The van der Waals surface area contributed by atoms with Crippen molar-refractivity contribution in [2.24, 2.45) is 11.7 Å². The van der Waals surface area contributed by atoms with E-state index in [1.165, 1.54) is 11.8 Å². The van der Waals surface area contributed by atoms with Crippen molar-refractivity contribution in [3.05, 3.63) is 58.4 Å². The third-order valence-corrected chi connectivity index (χ3v) is 4.29. The van der Waals surface area contributed by atoms with E-state index in [9.17, 15) is 0 Å². The van der Waals surface area contributed by atoms with Crippen molar-refractivity contribution in [3.8, 4) is 0 Å². The van der Waals surface area contributed by atoms with E-state index in [1.807, 2.05) is 18.3 Å². The van der Waals surface area contributed by atoms with E-state index in [4.69, 9.17) is 16.6 Å². The summed E-state index contributed by atoms with van der Waals surface area (Å²) >= 11 is 0. The molecular weight excluding hydrogens is 320 g/mol. The Balaban J connectivity index is 3.11. The molecule has 0 atom stereocenters. The molecule has 4 heteroatoms. The summed E-state index contributed by atoms with van der Waals surface area (Å²) < 4.78 is 0. The van der Waals surface area contributed by atoms with Crippen molar-refractivity contribution in [3.63, 3.8) is 0 Å². The molecule has 0 heterocycles. The first-order chi connectivity index (χ1) is 12.2. The molecule has 5 N–H and O–H groups in total. The average molecular weight is 355 g/mol. The molecule has 0 spiro atoms. The second-order valence-corrected chi connectivity index (χ2v) is 7.59. The SMILES string of the molecule is CC(=N)/C(=C\NCC(C)C)C/C(=C/N)C(=N)c1ccc(C)cc1C(C)C. The quantitative estimate of drug-likeness (QED) is 0.476. The van der Waals surface area contributed by atoms with Crippen molar-refractivity contribution in [2.45, 2.75) is 53.9 Å². The highest BCUT2D eigenvalue weighted by molar-refractivity contribution is 6.12. The van der Waals surface area contributed by atoms with Gasteiger partial charge in [0.05, 0.1) is 5.71 Å². The zero-order chi connectivity index (χ0) is 19.9. The lowest BCUT2D eigenvalue weighted by Crippen LogP contribution is -2.17. The van der Waals surface area contributed by atoms with Crippen LogP contribution < -0.4 is 11.1 Å². The van der Waals surface area contributed by atoms with Crippen LogP contribution in [0.3, 0.4) is 0 Å². The van der Waals surface area contributed by atoms with Gasteiger partial charge in [0.1, 0.15) is 0 Å². The number of benzene rings is 1. The van der Waals surface area contributed by atoms with Crippen LogP contribution in [-0.2, 0) is 0 Å². The predicted octanol–water partition coefficient (Wildman–Crippen LogP) is 4.89. The van der Waals surface area contributed by atoms with Crippen LogP contribution in [0.15, 0.2) is 41.7 Å². The van der Waals surface area contributed by atoms with E-state index < -0.39 is 0 Å². The van der Waals surface area contributed by atoms with Gasteiger partial charge < -0.3 is 16.5 Å². The smallest absolute Gasteiger partial charge is 0.0664 e. The Morgan fingerprint density at radius 3 is 2.31 bits per heavy atom. The minimum absolute atomic E-state index is 0.330. The fraction of sp³-hybridized carbons (Fsp3) is 0.455. The number of aryl methyl sites for hydroxylation is 1. The molecule has 0 bridgehead atoms. The monoisotopic (exact) mass is 354 g/mol. The van der Waals surface area contributed by atoms with Crippen molar-refractivity contribution in [1.29, 1.82) is 10.8 Å². The van der Waals surface area contributed by atoms with Crippen LogP contribution in [0.1, 0.15) is 63.6 Å². The largest absolute Gasteiger partial charge is 0.404 e. The van der Waals surface area contributed by atoms with Gasteiger partial charge in [-0.3, -0.25) is 5.41 Å². The van der Waals surface area contributed by atoms with Crippen molar-refractivity contribution >= 4 is 11.4 Å². The Morgan fingerprint density at radius 1 is 1.15 bits per heavy atom. The molecule has 0 saturated heterocycles. The van der Waals surface area contributed by atoms with Gasteiger partial charge >= 0.3 is 0 Å². The average Bonchev–Trinajstić information content (AvgIpc) is 2.56. The van der Waals surface area contributed by atoms with Crippen molar-refractivity contribution in [2.75, 3.05) is 6.54 Å². The fourth-order valence-electron chi connectivity index (χ4n) is 2.71. The van der Waals surface area contributed by atoms with Gasteiger partial charge in [-0.15, -0.1) is 0 Å². The molecule has 0 amide bonds. The molecule has 0 aliphatic rings. The maximum absolute atomic E-state index is 8.70. The molecule has 0 saturated carbocycles. The molecule has 0 fully saturated rings. The zero-order valence-corrected chi connectivity index (χ0v) is 17.0. The summed E-state index contributed by atoms with van der Waals surface area (Å²) in [6.45, 7) is 13.3. The molecule has 0 unspecified atom stereocenters. The predicted molar refractivity (Wildman–Crippen MR) is 113 cm³/mol. The van der Waals surface area contributed by atoms with Gasteiger partial charge in [-0.05, 0) is 48.6 Å². The van der Waals surface area contributed by atoms with E-state index in [1.54, 1.807) is 6.92 Å². The Kier molecular flexibility index (Phi) is 8.30. The van der Waals surface area contributed by atoms with Crippen LogP contribution in [0, 0.1) is 23.7 Å². The fourth-order valence-corrected chi connectivity index (χ4v) is 2.71. The molecule has 1 aromatic rings. The zero-order valence-electron chi connectivity index (χ0n) is 17.0. The van der Waals surface area contributed by atoms with E-state index in [0.717, 1.165) is 28.8 Å². The van der Waals surface area contributed by atoms with Crippen molar-refractivity contribution in [1.82, 2.24) is 5.32 Å². The minimum atomic E-state index is 0.330. The molecule has 0 aliphatic carbocycles. The standard InChI is InChI=1S/C22H34N4/c1-14(2)12-26-13-19(17(6)24)10-18(11-23)22(25)20-8-7-16(5)9-21(20)15(3)4/h7-9,11,13-15,24-26H,10,12,23H2,1-6H3/b18-11-,19-13-,24-17?,25-22?. The Bertz CT molecular complexity index is 709. The van der Waals surface area contributed by atoms with Crippen LogP contribution >= 0.6 is 0 Å². The molecule has 0 aliphatic heterocycles. The Morgan fingerprint density at radius 2 is 1.81 bits per heavy atom. The third kappa shape index (κ3) is 6.17. The van der Waals surface area contributed by atoms with Gasteiger partial charge in [-0.1, -0.05) is 51.5 Å². The molecule has 1 rings (SSSR count). The third-order valence-electron chi connectivity index (χ3n) is 4.29. The highest BCUT2D eigenvalue weighted by Gasteiger charge is 2.16. The van der Waals surface area contributed by atoms with Gasteiger partial charge in [0.2, 0.25) is 0 Å². The van der Waals surface area contributed by atoms with Crippen LogP contribution in [0.5, 0.6) is 0 Å².